The van der Waals surface area contributed by atoms with Crippen LogP contribution in [-0.2, 0) is 6.16 Å². The van der Waals surface area contributed by atoms with E-state index in [1.54, 1.807) is 0 Å². The number of nitrogens with zero attached hydrogens (tertiary/aromatic N) is 2. The van der Waals surface area contributed by atoms with Gasteiger partial charge >= 0.3 is 0 Å². The van der Waals surface area contributed by atoms with E-state index in [0.717, 1.165) is 6.16 Å². The minimum atomic E-state index is -1.55. The summed E-state index contributed by atoms with van der Waals surface area (Å²) >= 11 is 0. The van der Waals surface area contributed by atoms with E-state index in [0.29, 0.717) is 0 Å². The minimum Gasteiger partial charge on any atom is -1.00 e. The van der Waals surface area contributed by atoms with Crippen molar-refractivity contribution in [3.8, 4) is 0 Å². The Kier molecular flexibility index (Phi) is 7.02. The molecule has 0 radical (unpaired) electrons. The van der Waals surface area contributed by atoms with E-state index in [4.69, 9.17) is 0 Å². The molecule has 114 valence electrons. The molecule has 0 saturated carbocycles. The van der Waals surface area contributed by atoms with Crippen molar-refractivity contribution in [3.05, 3.63) is 66.2 Å². The molecule has 0 aliphatic carbocycles. The van der Waals surface area contributed by atoms with Gasteiger partial charge in [0.15, 0.2) is 7.56 Å². The van der Waals surface area contributed by atoms with E-state index in [9.17, 15) is 0 Å². The Bertz CT molecular complexity index is 521. The maximum atomic E-state index is 2.41. The van der Waals surface area contributed by atoms with Crippen molar-refractivity contribution in [2.45, 2.75) is 6.16 Å². The summed E-state index contributed by atoms with van der Waals surface area (Å²) in [7, 11) is 7.24. The lowest BCUT2D eigenvalue weighted by atomic mass is 10.2. The Morgan fingerprint density at radius 3 is 1.57 bits per heavy atom. The third-order valence-electron chi connectivity index (χ3n) is 3.74. The zero-order chi connectivity index (χ0) is 14.6. The Morgan fingerprint density at radius 1 is 0.714 bits per heavy atom. The number of halogens is 1. The molecule has 21 heavy (non-hydrogen) atoms. The van der Waals surface area contributed by atoms with E-state index in [2.05, 4.69) is 98.2 Å². The molecule has 2 nitrogen and oxygen atoms in total. The maximum Gasteiger partial charge on any atom is 0.189 e. The second kappa shape index (κ2) is 8.05. The Morgan fingerprint density at radius 2 is 1.14 bits per heavy atom. The quantitative estimate of drug-likeness (QED) is 0.710. The average Bonchev–Trinajstić information content (AvgIpc) is 2.46. The highest BCUT2D eigenvalue weighted by atomic mass is 79.9. The predicted molar refractivity (Wildman–Crippen MR) is 90.5 cm³/mol. The summed E-state index contributed by atoms with van der Waals surface area (Å²) in [5.74, 6) is 0. The van der Waals surface area contributed by atoms with Crippen molar-refractivity contribution in [2.24, 2.45) is 0 Å². The molecule has 0 heterocycles. The topological polar surface area (TPSA) is 6.48 Å². The van der Waals surface area contributed by atoms with Crippen molar-refractivity contribution in [1.82, 2.24) is 9.34 Å². The van der Waals surface area contributed by atoms with Crippen LogP contribution < -0.4 is 22.3 Å². The molecular formula is C17H24BrN2P. The molecule has 0 N–H and O–H groups in total. The summed E-state index contributed by atoms with van der Waals surface area (Å²) in [6.45, 7) is 0. The predicted octanol–water partition coefficient (Wildman–Crippen LogP) is 0.487. The van der Waals surface area contributed by atoms with Crippen LogP contribution in [0.5, 0.6) is 0 Å². The fourth-order valence-corrected chi connectivity index (χ4v) is 6.46. The summed E-state index contributed by atoms with van der Waals surface area (Å²) < 4.78 is 4.82. The molecule has 0 fully saturated rings. The standard InChI is InChI=1S/C17H24N2P.BrH/c1-18(2)20(19(3)4,17-13-9-6-10-14-17)15-16-11-7-5-8-12-16;/h5-14H,15H2,1-4H3;1H/q+1;/p-1. The monoisotopic (exact) mass is 366 g/mol. The summed E-state index contributed by atoms with van der Waals surface area (Å²) in [4.78, 5) is 0. The van der Waals surface area contributed by atoms with Crippen LogP contribution in [0, 0.1) is 0 Å². The van der Waals surface area contributed by atoms with E-state index >= 15 is 0 Å². The van der Waals surface area contributed by atoms with Gasteiger partial charge in [0.05, 0.1) is 0 Å². The van der Waals surface area contributed by atoms with Gasteiger partial charge in [0, 0.05) is 28.2 Å². The minimum absolute atomic E-state index is 0. The molecule has 0 saturated heterocycles. The van der Waals surface area contributed by atoms with Gasteiger partial charge in [-0.15, -0.1) is 0 Å². The van der Waals surface area contributed by atoms with Crippen molar-refractivity contribution < 1.29 is 17.0 Å². The Balaban J connectivity index is 0.00000220. The summed E-state index contributed by atoms with van der Waals surface area (Å²) in [5.41, 5.74) is 1.40. The van der Waals surface area contributed by atoms with Crippen LogP contribution in [0.3, 0.4) is 0 Å². The fourth-order valence-electron chi connectivity index (χ4n) is 2.70. The van der Waals surface area contributed by atoms with E-state index in [1.165, 1.54) is 10.9 Å². The average molecular weight is 367 g/mol. The highest BCUT2D eigenvalue weighted by Gasteiger charge is 2.46. The van der Waals surface area contributed by atoms with Crippen molar-refractivity contribution in [3.63, 3.8) is 0 Å². The van der Waals surface area contributed by atoms with Crippen LogP contribution in [0.25, 0.3) is 0 Å². The van der Waals surface area contributed by atoms with Crippen LogP contribution in [0.15, 0.2) is 60.7 Å². The molecular weight excluding hydrogens is 343 g/mol. The second-order valence-electron chi connectivity index (χ2n) is 5.40. The molecule has 0 amide bonds. The fraction of sp³-hybridized carbons (Fsp3) is 0.294. The number of hydrogen-bond acceptors (Lipinski definition) is 2. The van der Waals surface area contributed by atoms with E-state index in [1.807, 2.05) is 0 Å². The lowest BCUT2D eigenvalue weighted by Gasteiger charge is -2.36. The largest absolute Gasteiger partial charge is 1.00 e. The molecule has 2 aromatic rings. The molecule has 0 aromatic heterocycles. The summed E-state index contributed by atoms with van der Waals surface area (Å²) in [6.07, 6.45) is 1.07. The number of rotatable bonds is 5. The summed E-state index contributed by atoms with van der Waals surface area (Å²) in [5, 5.41) is 1.43. The van der Waals surface area contributed by atoms with Crippen LogP contribution in [0.2, 0.25) is 0 Å². The lowest BCUT2D eigenvalue weighted by Crippen LogP contribution is -3.00. The number of benzene rings is 2. The first-order chi connectivity index (χ1) is 9.57. The van der Waals surface area contributed by atoms with Crippen LogP contribution in [0.1, 0.15) is 5.56 Å². The molecule has 4 heteroatoms. The van der Waals surface area contributed by atoms with Gasteiger partial charge in [-0.25, -0.2) is 0 Å². The van der Waals surface area contributed by atoms with Crippen LogP contribution in [-0.4, -0.2) is 37.5 Å². The zero-order valence-electron chi connectivity index (χ0n) is 13.2. The molecule has 0 aliphatic rings. The molecule has 0 unspecified atom stereocenters. The van der Waals surface area contributed by atoms with Gasteiger partial charge in [0.1, 0.15) is 11.5 Å². The third kappa shape index (κ3) is 3.92. The molecule has 0 aliphatic heterocycles. The lowest BCUT2D eigenvalue weighted by molar-refractivity contribution is -0.00000425. The smallest absolute Gasteiger partial charge is 0.189 e. The van der Waals surface area contributed by atoms with Crippen LogP contribution in [0.4, 0.5) is 0 Å². The molecule has 2 rings (SSSR count). The van der Waals surface area contributed by atoms with E-state index in [-0.39, 0.29) is 17.0 Å². The highest BCUT2D eigenvalue weighted by Crippen LogP contribution is 2.63. The summed E-state index contributed by atoms with van der Waals surface area (Å²) in [6, 6.07) is 21.7. The van der Waals surface area contributed by atoms with Crippen molar-refractivity contribution in [2.75, 3.05) is 28.2 Å². The first-order valence-electron chi connectivity index (χ1n) is 6.90. The maximum absolute atomic E-state index is 2.41. The van der Waals surface area contributed by atoms with Gasteiger partial charge in [-0.2, -0.15) is 9.34 Å². The van der Waals surface area contributed by atoms with Gasteiger partial charge in [0.25, 0.3) is 0 Å². The molecule has 0 bridgehead atoms. The van der Waals surface area contributed by atoms with Gasteiger partial charge < -0.3 is 17.0 Å². The van der Waals surface area contributed by atoms with Gasteiger partial charge in [-0.3, -0.25) is 0 Å². The van der Waals surface area contributed by atoms with Crippen molar-refractivity contribution in [1.29, 1.82) is 0 Å². The number of hydrogen-bond donors (Lipinski definition) is 0. The first kappa shape index (κ1) is 18.3. The second-order valence-corrected chi connectivity index (χ2v) is 9.30. The van der Waals surface area contributed by atoms with E-state index < -0.39 is 7.56 Å². The highest BCUT2D eigenvalue weighted by molar-refractivity contribution is 7.77. The first-order valence-corrected chi connectivity index (χ1v) is 8.78. The SMILES string of the molecule is CN(C)[P+](Cc1ccccc1)(c1ccccc1)N(C)C.[Br-]. The van der Waals surface area contributed by atoms with Crippen molar-refractivity contribution >= 4 is 12.9 Å². The molecule has 2 aromatic carbocycles. The molecule has 0 spiro atoms. The van der Waals surface area contributed by atoms with Crippen LogP contribution >= 0.6 is 7.56 Å². The normalized spacial score (nSPS) is 11.5. The third-order valence-corrected chi connectivity index (χ3v) is 8.32. The molecule has 0 atom stereocenters. The Labute approximate surface area is 140 Å². The Hall–Kier alpha value is -0.730. The van der Waals surface area contributed by atoms with Gasteiger partial charge in [-0.1, -0.05) is 48.5 Å². The van der Waals surface area contributed by atoms with Gasteiger partial charge in [-0.05, 0) is 17.7 Å². The van der Waals surface area contributed by atoms with Gasteiger partial charge in [0.2, 0.25) is 0 Å². The zero-order valence-corrected chi connectivity index (χ0v) is 15.7.